The molecule has 0 radical (unpaired) electrons. The minimum Gasteiger partial charge on any atom is -0.469 e. The minimum absolute atomic E-state index is 0.0534. The second kappa shape index (κ2) is 3.79. The SMILES string of the molecule is COC(=O)[C@H]1C[C@H]2C[C@@H]1C[C@@H]2N=C=S. The molecule has 2 rings (SSSR count). The summed E-state index contributed by atoms with van der Waals surface area (Å²) in [6, 6.07) is 0.318. The summed E-state index contributed by atoms with van der Waals surface area (Å²) in [7, 11) is 1.46. The number of nitrogens with zero attached hydrogens (tertiary/aromatic N) is 1. The Morgan fingerprint density at radius 2 is 2.21 bits per heavy atom. The Hall–Kier alpha value is -0.730. The standard InChI is InChI=1S/C10H13NO2S/c1-13-10(12)8-3-7-2-6(8)4-9(7)11-5-14/h6-9H,2-4H2,1H3/t6-,7-,8+,9+/m1/s1. The number of ether oxygens (including phenoxy) is 1. The van der Waals surface area contributed by atoms with Gasteiger partial charge in [0.1, 0.15) is 0 Å². The van der Waals surface area contributed by atoms with E-state index in [2.05, 4.69) is 22.4 Å². The van der Waals surface area contributed by atoms with Crippen LogP contribution in [0.1, 0.15) is 19.3 Å². The molecule has 4 atom stereocenters. The highest BCUT2D eigenvalue weighted by Crippen LogP contribution is 2.49. The number of hydrogen-bond donors (Lipinski definition) is 0. The molecule has 4 heteroatoms. The molecule has 0 amide bonds. The number of isothiocyanates is 1. The highest BCUT2D eigenvalue weighted by Gasteiger charge is 2.49. The molecule has 2 fully saturated rings. The van der Waals surface area contributed by atoms with Crippen molar-refractivity contribution >= 4 is 23.3 Å². The molecule has 0 aromatic rings. The normalized spacial score (nSPS) is 39.2. The molecule has 2 aliphatic rings. The fraction of sp³-hybridized carbons (Fsp3) is 0.800. The molecular weight excluding hydrogens is 198 g/mol. The first-order valence-electron chi connectivity index (χ1n) is 4.91. The number of methoxy groups -OCH3 is 1. The van der Waals surface area contributed by atoms with Crippen LogP contribution in [0.4, 0.5) is 0 Å². The molecule has 0 saturated heterocycles. The van der Waals surface area contributed by atoms with Crippen molar-refractivity contribution in [1.82, 2.24) is 0 Å². The molecule has 3 nitrogen and oxygen atoms in total. The predicted octanol–water partition coefficient (Wildman–Crippen LogP) is 1.68. The van der Waals surface area contributed by atoms with E-state index in [1.54, 1.807) is 0 Å². The van der Waals surface area contributed by atoms with E-state index in [0.717, 1.165) is 19.3 Å². The Labute approximate surface area is 88.5 Å². The van der Waals surface area contributed by atoms with Gasteiger partial charge in [-0.15, -0.1) is 0 Å². The van der Waals surface area contributed by atoms with Crippen LogP contribution < -0.4 is 0 Å². The smallest absolute Gasteiger partial charge is 0.308 e. The lowest BCUT2D eigenvalue weighted by molar-refractivity contribution is -0.147. The Bertz CT molecular complexity index is 298. The van der Waals surface area contributed by atoms with E-state index in [-0.39, 0.29) is 11.9 Å². The Morgan fingerprint density at radius 1 is 1.43 bits per heavy atom. The lowest BCUT2D eigenvalue weighted by atomic mass is 9.86. The number of rotatable bonds is 2. The van der Waals surface area contributed by atoms with Gasteiger partial charge in [0.2, 0.25) is 0 Å². The number of esters is 1. The van der Waals surface area contributed by atoms with Crippen LogP contribution in [0.5, 0.6) is 0 Å². The third-order valence-electron chi connectivity index (χ3n) is 3.54. The molecule has 0 heterocycles. The summed E-state index contributed by atoms with van der Waals surface area (Å²) in [5.41, 5.74) is 0. The van der Waals surface area contributed by atoms with Gasteiger partial charge in [0, 0.05) is 0 Å². The Kier molecular flexibility index (Phi) is 2.66. The van der Waals surface area contributed by atoms with Gasteiger partial charge < -0.3 is 4.74 Å². The number of fused-ring (bicyclic) bond motifs is 2. The van der Waals surface area contributed by atoms with Crippen LogP contribution in [-0.4, -0.2) is 24.3 Å². The zero-order chi connectivity index (χ0) is 10.1. The second-order valence-corrected chi connectivity index (χ2v) is 4.33. The molecule has 76 valence electrons. The van der Waals surface area contributed by atoms with Gasteiger partial charge in [0.15, 0.2) is 0 Å². The average Bonchev–Trinajstić information content (AvgIpc) is 2.76. The molecule has 0 unspecified atom stereocenters. The zero-order valence-corrected chi connectivity index (χ0v) is 8.92. The molecule has 0 spiro atoms. The Morgan fingerprint density at radius 3 is 2.71 bits per heavy atom. The van der Waals surface area contributed by atoms with Crippen LogP contribution in [0.15, 0.2) is 4.99 Å². The van der Waals surface area contributed by atoms with Gasteiger partial charge >= 0.3 is 5.97 Å². The van der Waals surface area contributed by atoms with Crippen LogP contribution >= 0.6 is 12.2 Å². The molecule has 0 aliphatic heterocycles. The summed E-state index contributed by atoms with van der Waals surface area (Å²) in [5, 5.41) is 2.44. The summed E-state index contributed by atoms with van der Waals surface area (Å²) in [4.78, 5) is 15.5. The van der Waals surface area contributed by atoms with Crippen LogP contribution in [0.25, 0.3) is 0 Å². The molecule has 0 aromatic heterocycles. The van der Waals surface area contributed by atoms with Crippen molar-refractivity contribution in [2.45, 2.75) is 25.3 Å². The number of hydrogen-bond acceptors (Lipinski definition) is 4. The van der Waals surface area contributed by atoms with E-state index in [0.29, 0.717) is 17.9 Å². The van der Waals surface area contributed by atoms with Crippen LogP contribution in [0, 0.1) is 17.8 Å². The third-order valence-corrected chi connectivity index (χ3v) is 3.65. The highest BCUT2D eigenvalue weighted by atomic mass is 32.1. The summed E-state index contributed by atoms with van der Waals surface area (Å²) < 4.78 is 4.78. The van der Waals surface area contributed by atoms with E-state index in [1.165, 1.54) is 7.11 Å². The maximum Gasteiger partial charge on any atom is 0.308 e. The number of aliphatic imine (C=N–C) groups is 1. The largest absolute Gasteiger partial charge is 0.469 e. The molecule has 2 bridgehead atoms. The molecule has 2 aliphatic carbocycles. The molecular formula is C10H13NO2S. The lowest BCUT2D eigenvalue weighted by Gasteiger charge is -2.22. The van der Waals surface area contributed by atoms with Crippen molar-refractivity contribution in [1.29, 1.82) is 0 Å². The van der Waals surface area contributed by atoms with E-state index in [9.17, 15) is 4.79 Å². The van der Waals surface area contributed by atoms with Crippen LogP contribution in [0.2, 0.25) is 0 Å². The Balaban J connectivity index is 2.02. The van der Waals surface area contributed by atoms with Crippen LogP contribution in [0.3, 0.4) is 0 Å². The number of carbonyl (C=O) groups is 1. The first-order chi connectivity index (χ1) is 6.76. The summed E-state index contributed by atoms with van der Waals surface area (Å²) in [6.45, 7) is 0. The highest BCUT2D eigenvalue weighted by molar-refractivity contribution is 7.78. The fourth-order valence-electron chi connectivity index (χ4n) is 2.91. The van der Waals surface area contributed by atoms with Gasteiger partial charge in [0.25, 0.3) is 0 Å². The average molecular weight is 211 g/mol. The van der Waals surface area contributed by atoms with Gasteiger partial charge in [-0.3, -0.25) is 4.79 Å². The maximum absolute atomic E-state index is 11.4. The van der Waals surface area contributed by atoms with E-state index >= 15 is 0 Å². The first kappa shape index (κ1) is 9.81. The van der Waals surface area contributed by atoms with Gasteiger partial charge in [-0.25, -0.2) is 4.99 Å². The van der Waals surface area contributed by atoms with Gasteiger partial charge in [-0.05, 0) is 43.3 Å². The number of thiocarbonyl (C=S) groups is 1. The lowest BCUT2D eigenvalue weighted by Crippen LogP contribution is -2.27. The van der Waals surface area contributed by atoms with Gasteiger partial charge in [0.05, 0.1) is 24.2 Å². The molecule has 0 N–H and O–H groups in total. The molecule has 14 heavy (non-hydrogen) atoms. The minimum atomic E-state index is -0.0534. The molecule has 0 aromatic carbocycles. The van der Waals surface area contributed by atoms with Crippen molar-refractivity contribution in [2.75, 3.05) is 7.11 Å². The van der Waals surface area contributed by atoms with Crippen molar-refractivity contribution in [2.24, 2.45) is 22.7 Å². The predicted molar refractivity (Wildman–Crippen MR) is 55.2 cm³/mol. The van der Waals surface area contributed by atoms with Crippen molar-refractivity contribution in [3.8, 4) is 0 Å². The number of carbonyl (C=O) groups excluding carboxylic acids is 1. The van der Waals surface area contributed by atoms with Crippen molar-refractivity contribution < 1.29 is 9.53 Å². The summed E-state index contributed by atoms with van der Waals surface area (Å²) in [5.74, 6) is 1.05. The quantitative estimate of drug-likeness (QED) is 0.396. The summed E-state index contributed by atoms with van der Waals surface area (Å²) >= 11 is 4.60. The van der Waals surface area contributed by atoms with Gasteiger partial charge in [-0.1, -0.05) is 0 Å². The first-order valence-corrected chi connectivity index (χ1v) is 5.32. The summed E-state index contributed by atoms with van der Waals surface area (Å²) in [6.07, 6.45) is 3.00. The van der Waals surface area contributed by atoms with Gasteiger partial charge in [-0.2, -0.15) is 0 Å². The fourth-order valence-corrected chi connectivity index (χ4v) is 3.05. The van der Waals surface area contributed by atoms with Crippen molar-refractivity contribution in [3.05, 3.63) is 0 Å². The van der Waals surface area contributed by atoms with E-state index < -0.39 is 0 Å². The van der Waals surface area contributed by atoms with Crippen molar-refractivity contribution in [3.63, 3.8) is 0 Å². The molecule has 2 saturated carbocycles. The topological polar surface area (TPSA) is 38.7 Å². The maximum atomic E-state index is 11.4. The van der Waals surface area contributed by atoms with E-state index in [4.69, 9.17) is 4.74 Å². The third kappa shape index (κ3) is 1.49. The second-order valence-electron chi connectivity index (χ2n) is 4.14. The monoisotopic (exact) mass is 211 g/mol. The van der Waals surface area contributed by atoms with E-state index in [1.807, 2.05) is 0 Å². The van der Waals surface area contributed by atoms with Crippen LogP contribution in [-0.2, 0) is 9.53 Å². The zero-order valence-electron chi connectivity index (χ0n) is 8.10.